The molecule has 0 aromatic heterocycles. The Hall–Kier alpha value is -1.75. The van der Waals surface area contributed by atoms with Gasteiger partial charge in [0.25, 0.3) is 0 Å². The predicted octanol–water partition coefficient (Wildman–Crippen LogP) is 1.24. The third-order valence-corrected chi connectivity index (χ3v) is 1.83. The van der Waals surface area contributed by atoms with Crippen molar-refractivity contribution in [3.63, 3.8) is 0 Å². The Morgan fingerprint density at radius 2 is 2.06 bits per heavy atom. The van der Waals surface area contributed by atoms with Crippen molar-refractivity contribution in [2.75, 3.05) is 0 Å². The molecule has 0 saturated heterocycles. The summed E-state index contributed by atoms with van der Waals surface area (Å²) in [7, 11) is 0. The second-order valence-electron chi connectivity index (χ2n) is 3.01. The Balaban J connectivity index is 0.00000225. The van der Waals surface area contributed by atoms with Crippen molar-refractivity contribution in [1.82, 2.24) is 0 Å². The SMILES string of the molecule is CC(Oc1ccccc1C(=N)N)C(=O)O.Cl. The summed E-state index contributed by atoms with van der Waals surface area (Å²) < 4.78 is 5.15. The van der Waals surface area contributed by atoms with Gasteiger partial charge in [-0.05, 0) is 19.1 Å². The second-order valence-corrected chi connectivity index (χ2v) is 3.01. The minimum Gasteiger partial charge on any atom is -0.479 e. The van der Waals surface area contributed by atoms with Crippen molar-refractivity contribution >= 4 is 24.2 Å². The molecule has 0 heterocycles. The van der Waals surface area contributed by atoms with Gasteiger partial charge in [0.2, 0.25) is 0 Å². The topological polar surface area (TPSA) is 96.4 Å². The van der Waals surface area contributed by atoms with Crippen LogP contribution in [0.3, 0.4) is 0 Å². The third-order valence-electron chi connectivity index (χ3n) is 1.83. The minimum absolute atomic E-state index is 0. The number of hydrogen-bond donors (Lipinski definition) is 3. The number of nitrogens with two attached hydrogens (primary N) is 1. The number of halogens is 1. The molecule has 0 fully saturated rings. The van der Waals surface area contributed by atoms with Crippen molar-refractivity contribution in [3.05, 3.63) is 29.8 Å². The van der Waals surface area contributed by atoms with Crippen LogP contribution in [0, 0.1) is 5.41 Å². The van der Waals surface area contributed by atoms with Crippen LogP contribution >= 0.6 is 12.4 Å². The molecule has 1 aromatic carbocycles. The van der Waals surface area contributed by atoms with Crippen LogP contribution in [0.2, 0.25) is 0 Å². The Kier molecular flexibility index (Phi) is 5.32. The first-order chi connectivity index (χ1) is 7.02. The molecule has 6 heteroatoms. The molecular formula is C10H13ClN2O3. The van der Waals surface area contributed by atoms with E-state index in [0.29, 0.717) is 11.3 Å². The van der Waals surface area contributed by atoms with Crippen LogP contribution < -0.4 is 10.5 Å². The van der Waals surface area contributed by atoms with Crippen LogP contribution in [0.15, 0.2) is 24.3 Å². The van der Waals surface area contributed by atoms with Crippen LogP contribution in [0.1, 0.15) is 12.5 Å². The summed E-state index contributed by atoms with van der Waals surface area (Å²) in [5.41, 5.74) is 5.72. The van der Waals surface area contributed by atoms with E-state index in [0.717, 1.165) is 0 Å². The van der Waals surface area contributed by atoms with Crippen LogP contribution in [-0.2, 0) is 4.79 Å². The van der Waals surface area contributed by atoms with Crippen molar-refractivity contribution in [2.24, 2.45) is 5.73 Å². The Morgan fingerprint density at radius 1 is 1.50 bits per heavy atom. The lowest BCUT2D eigenvalue weighted by molar-refractivity contribution is -0.144. The number of benzene rings is 1. The number of carbonyl (C=O) groups is 1. The maximum absolute atomic E-state index is 10.6. The van der Waals surface area contributed by atoms with Crippen molar-refractivity contribution in [3.8, 4) is 5.75 Å². The van der Waals surface area contributed by atoms with Crippen LogP contribution in [-0.4, -0.2) is 23.0 Å². The van der Waals surface area contributed by atoms with E-state index in [1.54, 1.807) is 24.3 Å². The number of ether oxygens (including phenoxy) is 1. The molecule has 0 aliphatic rings. The largest absolute Gasteiger partial charge is 0.479 e. The summed E-state index contributed by atoms with van der Waals surface area (Å²) in [5, 5.41) is 15.9. The average molecular weight is 245 g/mol. The zero-order valence-electron chi connectivity index (χ0n) is 8.64. The molecule has 16 heavy (non-hydrogen) atoms. The lowest BCUT2D eigenvalue weighted by Gasteiger charge is -2.13. The van der Waals surface area contributed by atoms with Gasteiger partial charge in [-0.25, -0.2) is 4.79 Å². The number of aliphatic carboxylic acids is 1. The molecular weight excluding hydrogens is 232 g/mol. The van der Waals surface area contributed by atoms with Gasteiger partial charge in [0.05, 0.1) is 5.56 Å². The fraction of sp³-hybridized carbons (Fsp3) is 0.200. The van der Waals surface area contributed by atoms with Crippen LogP contribution in [0.25, 0.3) is 0 Å². The van der Waals surface area contributed by atoms with E-state index in [-0.39, 0.29) is 18.2 Å². The number of rotatable bonds is 4. The predicted molar refractivity (Wildman–Crippen MR) is 62.4 cm³/mol. The lowest BCUT2D eigenvalue weighted by Crippen LogP contribution is -2.24. The first kappa shape index (κ1) is 14.2. The fourth-order valence-corrected chi connectivity index (χ4v) is 1.03. The summed E-state index contributed by atoms with van der Waals surface area (Å²) in [6, 6.07) is 6.58. The summed E-state index contributed by atoms with van der Waals surface area (Å²) in [5.74, 6) is -0.906. The molecule has 1 rings (SSSR count). The van der Waals surface area contributed by atoms with Crippen molar-refractivity contribution < 1.29 is 14.6 Å². The number of nitrogens with one attached hydrogen (secondary N) is 1. The van der Waals surface area contributed by atoms with Gasteiger partial charge in [0.1, 0.15) is 11.6 Å². The average Bonchev–Trinajstić information content (AvgIpc) is 2.18. The first-order valence-electron chi connectivity index (χ1n) is 4.35. The number of carboxylic acid groups (broad SMARTS) is 1. The van der Waals surface area contributed by atoms with Crippen LogP contribution in [0.5, 0.6) is 5.75 Å². The molecule has 5 nitrogen and oxygen atoms in total. The lowest BCUT2D eigenvalue weighted by atomic mass is 10.2. The van der Waals surface area contributed by atoms with E-state index in [4.69, 9.17) is 21.0 Å². The number of para-hydroxylation sites is 1. The van der Waals surface area contributed by atoms with Gasteiger partial charge in [0.15, 0.2) is 6.10 Å². The van der Waals surface area contributed by atoms with Gasteiger partial charge < -0.3 is 15.6 Å². The third kappa shape index (κ3) is 3.43. The highest BCUT2D eigenvalue weighted by Crippen LogP contribution is 2.18. The maximum atomic E-state index is 10.6. The molecule has 0 amide bonds. The Bertz CT molecular complexity index is 395. The molecule has 0 radical (unpaired) electrons. The normalized spacial score (nSPS) is 11.1. The zero-order valence-corrected chi connectivity index (χ0v) is 9.45. The summed E-state index contributed by atoms with van der Waals surface area (Å²) in [6.45, 7) is 1.42. The molecule has 1 aromatic rings. The van der Waals surface area contributed by atoms with Crippen molar-refractivity contribution in [2.45, 2.75) is 13.0 Å². The Morgan fingerprint density at radius 3 is 2.56 bits per heavy atom. The molecule has 1 atom stereocenters. The van der Waals surface area contributed by atoms with Gasteiger partial charge >= 0.3 is 5.97 Å². The monoisotopic (exact) mass is 244 g/mol. The highest BCUT2D eigenvalue weighted by atomic mass is 35.5. The molecule has 0 saturated carbocycles. The molecule has 0 spiro atoms. The molecule has 1 unspecified atom stereocenters. The van der Waals surface area contributed by atoms with Gasteiger partial charge in [-0.1, -0.05) is 12.1 Å². The zero-order chi connectivity index (χ0) is 11.4. The summed E-state index contributed by atoms with van der Waals surface area (Å²) in [6.07, 6.45) is -0.967. The minimum atomic E-state index is -1.06. The van der Waals surface area contributed by atoms with E-state index in [1.807, 2.05) is 0 Å². The molecule has 0 aliphatic heterocycles. The fourth-order valence-electron chi connectivity index (χ4n) is 1.03. The maximum Gasteiger partial charge on any atom is 0.344 e. The molecule has 4 N–H and O–H groups in total. The van der Waals surface area contributed by atoms with E-state index in [9.17, 15) is 4.79 Å². The van der Waals surface area contributed by atoms with E-state index in [1.165, 1.54) is 6.92 Å². The van der Waals surface area contributed by atoms with E-state index in [2.05, 4.69) is 0 Å². The highest BCUT2D eigenvalue weighted by molar-refractivity contribution is 5.97. The molecule has 0 bridgehead atoms. The number of hydrogen-bond acceptors (Lipinski definition) is 3. The summed E-state index contributed by atoms with van der Waals surface area (Å²) in [4.78, 5) is 10.6. The quantitative estimate of drug-likeness (QED) is 0.548. The van der Waals surface area contributed by atoms with Gasteiger partial charge in [-0.2, -0.15) is 0 Å². The van der Waals surface area contributed by atoms with E-state index < -0.39 is 12.1 Å². The first-order valence-corrected chi connectivity index (χ1v) is 4.35. The van der Waals surface area contributed by atoms with Crippen LogP contribution in [0.4, 0.5) is 0 Å². The molecule has 88 valence electrons. The van der Waals surface area contributed by atoms with E-state index >= 15 is 0 Å². The summed E-state index contributed by atoms with van der Waals surface area (Å²) >= 11 is 0. The highest BCUT2D eigenvalue weighted by Gasteiger charge is 2.15. The smallest absolute Gasteiger partial charge is 0.344 e. The van der Waals surface area contributed by atoms with Crippen molar-refractivity contribution in [1.29, 1.82) is 5.41 Å². The number of nitrogen functional groups attached to an aromatic ring is 1. The Labute approximate surface area is 99.1 Å². The van der Waals surface area contributed by atoms with Gasteiger partial charge in [-0.3, -0.25) is 5.41 Å². The van der Waals surface area contributed by atoms with Gasteiger partial charge in [-0.15, -0.1) is 12.4 Å². The number of amidine groups is 1. The number of carboxylic acids is 1. The standard InChI is InChI=1S/C10H12N2O3.ClH/c1-6(10(13)14)15-8-5-3-2-4-7(8)9(11)12;/h2-6H,1H3,(H3,11,12)(H,13,14);1H. The molecule has 0 aliphatic carbocycles. The second kappa shape index (κ2) is 5.97. The van der Waals surface area contributed by atoms with Gasteiger partial charge in [0, 0.05) is 0 Å².